The second-order valence-electron chi connectivity index (χ2n) is 4.66. The zero-order valence-electron chi connectivity index (χ0n) is 11.2. The number of carbonyl (C=O) groups is 1. The molecule has 106 valence electrons. The summed E-state index contributed by atoms with van der Waals surface area (Å²) in [6.45, 7) is 3.70. The number of amides is 1. The third-order valence-electron chi connectivity index (χ3n) is 2.88. The minimum absolute atomic E-state index is 0.0276. The maximum Gasteiger partial charge on any atom is 0.226 e. The third kappa shape index (κ3) is 3.40. The number of hydrogen-bond donors (Lipinski definition) is 1. The fraction of sp³-hybridized carbons (Fsp3) is 0.286. The molecule has 1 heterocycles. The van der Waals surface area contributed by atoms with E-state index in [2.05, 4.69) is 10.4 Å². The molecule has 20 heavy (non-hydrogen) atoms. The van der Waals surface area contributed by atoms with Gasteiger partial charge in [-0.15, -0.1) is 0 Å². The molecule has 6 heteroatoms. The quantitative estimate of drug-likeness (QED) is 0.935. The van der Waals surface area contributed by atoms with Crippen LogP contribution in [0.5, 0.6) is 0 Å². The van der Waals surface area contributed by atoms with E-state index in [-0.39, 0.29) is 24.1 Å². The van der Waals surface area contributed by atoms with Crippen molar-refractivity contribution in [2.24, 2.45) is 0 Å². The molecule has 0 bridgehead atoms. The van der Waals surface area contributed by atoms with Gasteiger partial charge in [-0.25, -0.2) is 8.78 Å². The summed E-state index contributed by atoms with van der Waals surface area (Å²) in [5.41, 5.74) is 0.835. The molecule has 0 radical (unpaired) electrons. The standard InChI is InChI=1S/C14H15F2N3O/c1-9-5-6-19(18-9)10(2)7-14(20)17-13-4-3-11(15)8-12(13)16/h3-6,8,10H,7H2,1-2H3,(H,17,20). The van der Waals surface area contributed by atoms with Crippen molar-refractivity contribution in [3.8, 4) is 0 Å². The highest BCUT2D eigenvalue weighted by Gasteiger charge is 2.13. The van der Waals surface area contributed by atoms with E-state index in [0.717, 1.165) is 17.8 Å². The number of hydrogen-bond acceptors (Lipinski definition) is 2. The van der Waals surface area contributed by atoms with Crippen molar-refractivity contribution in [1.82, 2.24) is 9.78 Å². The summed E-state index contributed by atoms with van der Waals surface area (Å²) in [6.07, 6.45) is 1.93. The van der Waals surface area contributed by atoms with Crippen LogP contribution in [0.4, 0.5) is 14.5 Å². The van der Waals surface area contributed by atoms with E-state index in [1.807, 2.05) is 19.9 Å². The van der Waals surface area contributed by atoms with E-state index in [1.165, 1.54) is 6.07 Å². The number of aromatic nitrogens is 2. The van der Waals surface area contributed by atoms with Crippen LogP contribution in [0.2, 0.25) is 0 Å². The number of aryl methyl sites for hydroxylation is 1. The molecular formula is C14H15F2N3O. The van der Waals surface area contributed by atoms with Crippen LogP contribution in [0.3, 0.4) is 0 Å². The normalized spacial score (nSPS) is 12.2. The van der Waals surface area contributed by atoms with Crippen molar-refractivity contribution in [1.29, 1.82) is 0 Å². The number of anilines is 1. The first-order valence-electron chi connectivity index (χ1n) is 6.22. The Balaban J connectivity index is 1.98. The first-order chi connectivity index (χ1) is 9.45. The Hall–Kier alpha value is -2.24. The summed E-state index contributed by atoms with van der Waals surface area (Å²) in [4.78, 5) is 11.8. The molecule has 2 rings (SSSR count). The first kappa shape index (κ1) is 14.2. The molecule has 0 aliphatic carbocycles. The van der Waals surface area contributed by atoms with Crippen molar-refractivity contribution >= 4 is 11.6 Å². The minimum Gasteiger partial charge on any atom is -0.324 e. The van der Waals surface area contributed by atoms with E-state index in [4.69, 9.17) is 0 Å². The van der Waals surface area contributed by atoms with Crippen molar-refractivity contribution < 1.29 is 13.6 Å². The molecule has 1 atom stereocenters. The molecule has 1 unspecified atom stereocenters. The molecule has 1 aromatic heterocycles. The van der Waals surface area contributed by atoms with Gasteiger partial charge in [-0.1, -0.05) is 0 Å². The van der Waals surface area contributed by atoms with Gasteiger partial charge in [-0.05, 0) is 32.0 Å². The van der Waals surface area contributed by atoms with Gasteiger partial charge >= 0.3 is 0 Å². The van der Waals surface area contributed by atoms with Crippen LogP contribution in [-0.2, 0) is 4.79 Å². The van der Waals surface area contributed by atoms with Gasteiger partial charge in [0.25, 0.3) is 0 Å². The monoisotopic (exact) mass is 279 g/mol. The van der Waals surface area contributed by atoms with Crippen LogP contribution >= 0.6 is 0 Å². The van der Waals surface area contributed by atoms with Gasteiger partial charge in [-0.2, -0.15) is 5.10 Å². The number of nitrogens with one attached hydrogen (secondary N) is 1. The van der Waals surface area contributed by atoms with Gasteiger partial charge in [0.2, 0.25) is 5.91 Å². The second-order valence-corrected chi connectivity index (χ2v) is 4.66. The Kier molecular flexibility index (Phi) is 4.12. The van der Waals surface area contributed by atoms with E-state index in [0.29, 0.717) is 0 Å². The smallest absolute Gasteiger partial charge is 0.226 e. The predicted molar refractivity (Wildman–Crippen MR) is 71.3 cm³/mol. The molecule has 0 saturated carbocycles. The lowest BCUT2D eigenvalue weighted by molar-refractivity contribution is -0.116. The number of nitrogens with zero attached hydrogens (tertiary/aromatic N) is 2. The SMILES string of the molecule is Cc1ccn(C(C)CC(=O)Nc2ccc(F)cc2F)n1. The Labute approximate surface area is 115 Å². The van der Waals surface area contributed by atoms with Crippen molar-refractivity contribution in [2.75, 3.05) is 5.32 Å². The van der Waals surface area contributed by atoms with Gasteiger partial charge < -0.3 is 5.32 Å². The van der Waals surface area contributed by atoms with Gasteiger partial charge in [0, 0.05) is 18.7 Å². The summed E-state index contributed by atoms with van der Waals surface area (Å²) in [6, 6.07) is 4.72. The van der Waals surface area contributed by atoms with E-state index >= 15 is 0 Å². The van der Waals surface area contributed by atoms with Crippen LogP contribution in [-0.4, -0.2) is 15.7 Å². The van der Waals surface area contributed by atoms with Gasteiger partial charge in [-0.3, -0.25) is 9.48 Å². The summed E-state index contributed by atoms with van der Waals surface area (Å²) < 4.78 is 27.8. The molecule has 1 aromatic carbocycles. The molecule has 1 amide bonds. The summed E-state index contributed by atoms with van der Waals surface area (Å²) in [5, 5.41) is 6.64. The van der Waals surface area contributed by atoms with E-state index in [9.17, 15) is 13.6 Å². The molecule has 0 fully saturated rings. The van der Waals surface area contributed by atoms with Crippen LogP contribution in [0.15, 0.2) is 30.5 Å². The fourth-order valence-electron chi connectivity index (χ4n) is 1.83. The fourth-order valence-corrected chi connectivity index (χ4v) is 1.83. The Morgan fingerprint density at radius 1 is 1.40 bits per heavy atom. The molecule has 1 N–H and O–H groups in total. The summed E-state index contributed by atoms with van der Waals surface area (Å²) >= 11 is 0. The zero-order chi connectivity index (χ0) is 14.7. The summed E-state index contributed by atoms with van der Waals surface area (Å²) in [5.74, 6) is -1.82. The Morgan fingerprint density at radius 2 is 2.15 bits per heavy atom. The van der Waals surface area contributed by atoms with E-state index < -0.39 is 11.6 Å². The molecular weight excluding hydrogens is 264 g/mol. The largest absolute Gasteiger partial charge is 0.324 e. The number of carbonyl (C=O) groups excluding carboxylic acids is 1. The minimum atomic E-state index is -0.791. The predicted octanol–water partition coefficient (Wildman–Crippen LogP) is 3.06. The average molecular weight is 279 g/mol. The number of halogens is 2. The average Bonchev–Trinajstić information content (AvgIpc) is 2.79. The highest BCUT2D eigenvalue weighted by Crippen LogP contribution is 2.17. The van der Waals surface area contributed by atoms with Crippen LogP contribution in [0.1, 0.15) is 25.1 Å². The molecule has 0 aliphatic rings. The lowest BCUT2D eigenvalue weighted by Gasteiger charge is -2.12. The first-order valence-corrected chi connectivity index (χ1v) is 6.22. The van der Waals surface area contributed by atoms with E-state index in [1.54, 1.807) is 10.9 Å². The summed E-state index contributed by atoms with van der Waals surface area (Å²) in [7, 11) is 0. The van der Waals surface area contributed by atoms with Gasteiger partial charge in [0.15, 0.2) is 0 Å². The van der Waals surface area contributed by atoms with Crippen molar-refractivity contribution in [2.45, 2.75) is 26.3 Å². The lowest BCUT2D eigenvalue weighted by atomic mass is 10.2. The molecule has 0 saturated heterocycles. The van der Waals surface area contributed by atoms with Crippen LogP contribution < -0.4 is 5.32 Å². The Bertz CT molecular complexity index is 625. The van der Waals surface area contributed by atoms with Gasteiger partial charge in [0.05, 0.1) is 17.4 Å². The molecule has 0 aliphatic heterocycles. The van der Waals surface area contributed by atoms with Crippen molar-refractivity contribution in [3.05, 3.63) is 47.8 Å². The number of benzene rings is 1. The molecule has 0 spiro atoms. The molecule has 2 aromatic rings. The topological polar surface area (TPSA) is 46.9 Å². The zero-order valence-corrected chi connectivity index (χ0v) is 11.2. The number of rotatable bonds is 4. The third-order valence-corrected chi connectivity index (χ3v) is 2.88. The lowest BCUT2D eigenvalue weighted by Crippen LogP contribution is -2.18. The maximum absolute atomic E-state index is 13.4. The van der Waals surface area contributed by atoms with Crippen molar-refractivity contribution in [3.63, 3.8) is 0 Å². The maximum atomic E-state index is 13.4. The van der Waals surface area contributed by atoms with Crippen LogP contribution in [0, 0.1) is 18.6 Å². The van der Waals surface area contributed by atoms with Crippen LogP contribution in [0.25, 0.3) is 0 Å². The Morgan fingerprint density at radius 3 is 2.75 bits per heavy atom. The highest BCUT2D eigenvalue weighted by molar-refractivity contribution is 5.91. The highest BCUT2D eigenvalue weighted by atomic mass is 19.1. The molecule has 4 nitrogen and oxygen atoms in total. The second kappa shape index (κ2) is 5.81. The van der Waals surface area contributed by atoms with Gasteiger partial charge in [0.1, 0.15) is 11.6 Å².